The summed E-state index contributed by atoms with van der Waals surface area (Å²) in [4.78, 5) is 4.24. The molecule has 0 bridgehead atoms. The summed E-state index contributed by atoms with van der Waals surface area (Å²) in [6.07, 6.45) is 1.78. The van der Waals surface area contributed by atoms with Gasteiger partial charge in [0, 0.05) is 6.20 Å². The number of hydrogen-bond acceptors (Lipinski definition) is 2. The molecule has 2 rings (SSSR count). The smallest absolute Gasteiger partial charge is 0.130 e. The highest BCUT2D eigenvalue weighted by atomic mass is 16.5. The largest absolute Gasteiger partial charge is 0.487 e. The molecule has 0 aliphatic rings. The van der Waals surface area contributed by atoms with Crippen LogP contribution in [-0.4, -0.2) is 4.98 Å². The zero-order chi connectivity index (χ0) is 13.0. The van der Waals surface area contributed by atoms with Crippen LogP contribution in [0.25, 0.3) is 0 Å². The molecular formula is C16H19NO. The van der Waals surface area contributed by atoms with Crippen molar-refractivity contribution in [3.8, 4) is 5.75 Å². The summed E-state index contributed by atoms with van der Waals surface area (Å²) >= 11 is 0. The van der Waals surface area contributed by atoms with Crippen molar-refractivity contribution in [1.29, 1.82) is 0 Å². The minimum absolute atomic E-state index is 0.143. The van der Waals surface area contributed by atoms with Crippen LogP contribution in [0, 0.1) is 0 Å². The first-order valence-corrected chi connectivity index (χ1v) is 6.19. The first-order chi connectivity index (χ1) is 8.55. The first-order valence-electron chi connectivity index (χ1n) is 6.19. The van der Waals surface area contributed by atoms with E-state index in [1.165, 1.54) is 5.56 Å². The van der Waals surface area contributed by atoms with Crippen molar-refractivity contribution in [2.45, 2.75) is 32.8 Å². The van der Waals surface area contributed by atoms with Gasteiger partial charge in [0.05, 0.1) is 5.69 Å². The van der Waals surface area contributed by atoms with E-state index in [-0.39, 0.29) is 5.41 Å². The molecule has 0 amide bonds. The van der Waals surface area contributed by atoms with Crippen molar-refractivity contribution in [2.24, 2.45) is 0 Å². The van der Waals surface area contributed by atoms with E-state index in [0.717, 1.165) is 11.4 Å². The predicted octanol–water partition coefficient (Wildman–Crippen LogP) is 3.96. The van der Waals surface area contributed by atoms with Crippen LogP contribution in [0.15, 0.2) is 48.7 Å². The maximum Gasteiger partial charge on any atom is 0.130 e. The molecule has 0 atom stereocenters. The Hall–Kier alpha value is -1.83. The fourth-order valence-corrected chi connectivity index (χ4v) is 1.69. The lowest BCUT2D eigenvalue weighted by molar-refractivity contribution is 0.300. The highest BCUT2D eigenvalue weighted by molar-refractivity contribution is 5.32. The number of aromatic nitrogens is 1. The quantitative estimate of drug-likeness (QED) is 0.811. The third kappa shape index (κ3) is 3.33. The van der Waals surface area contributed by atoms with Gasteiger partial charge >= 0.3 is 0 Å². The summed E-state index contributed by atoms with van der Waals surface area (Å²) in [5.41, 5.74) is 2.37. The van der Waals surface area contributed by atoms with Gasteiger partial charge in [-0.3, -0.25) is 4.98 Å². The molecule has 0 unspecified atom stereocenters. The monoisotopic (exact) mass is 241 g/mol. The Morgan fingerprint density at radius 2 is 1.89 bits per heavy atom. The van der Waals surface area contributed by atoms with Gasteiger partial charge in [-0.2, -0.15) is 0 Å². The van der Waals surface area contributed by atoms with Crippen molar-refractivity contribution >= 4 is 0 Å². The van der Waals surface area contributed by atoms with Crippen molar-refractivity contribution in [3.63, 3.8) is 0 Å². The van der Waals surface area contributed by atoms with E-state index >= 15 is 0 Å². The molecule has 0 radical (unpaired) electrons. The molecule has 18 heavy (non-hydrogen) atoms. The molecule has 94 valence electrons. The molecule has 0 fully saturated rings. The zero-order valence-corrected chi connectivity index (χ0v) is 11.2. The van der Waals surface area contributed by atoms with Crippen LogP contribution in [0.4, 0.5) is 0 Å². The summed E-state index contributed by atoms with van der Waals surface area (Å²) < 4.78 is 5.77. The van der Waals surface area contributed by atoms with Crippen LogP contribution in [0.2, 0.25) is 0 Å². The maximum atomic E-state index is 5.77. The lowest BCUT2D eigenvalue weighted by atomic mass is 9.87. The van der Waals surface area contributed by atoms with Gasteiger partial charge in [0.2, 0.25) is 0 Å². The van der Waals surface area contributed by atoms with Crippen LogP contribution in [0.1, 0.15) is 32.0 Å². The SMILES string of the molecule is CC(C)(C)c1cccc(OCc2ccccn2)c1. The molecule has 1 aromatic carbocycles. The highest BCUT2D eigenvalue weighted by Gasteiger charge is 2.13. The van der Waals surface area contributed by atoms with Gasteiger partial charge in [0.1, 0.15) is 12.4 Å². The Morgan fingerprint density at radius 1 is 1.06 bits per heavy atom. The third-order valence-corrected chi connectivity index (χ3v) is 2.81. The van der Waals surface area contributed by atoms with Crippen LogP contribution in [0.3, 0.4) is 0 Å². The van der Waals surface area contributed by atoms with Gasteiger partial charge in [0.15, 0.2) is 0 Å². The second-order valence-corrected chi connectivity index (χ2v) is 5.39. The Morgan fingerprint density at radius 3 is 2.56 bits per heavy atom. The lowest BCUT2D eigenvalue weighted by Gasteiger charge is -2.19. The van der Waals surface area contributed by atoms with Crippen molar-refractivity contribution in [3.05, 3.63) is 59.9 Å². The molecule has 0 aliphatic heterocycles. The summed E-state index contributed by atoms with van der Waals surface area (Å²) in [6, 6.07) is 14.1. The lowest BCUT2D eigenvalue weighted by Crippen LogP contribution is -2.11. The zero-order valence-electron chi connectivity index (χ0n) is 11.2. The fraction of sp³-hybridized carbons (Fsp3) is 0.312. The second kappa shape index (κ2) is 5.21. The van der Waals surface area contributed by atoms with E-state index in [1.54, 1.807) is 6.20 Å². The number of hydrogen-bond donors (Lipinski definition) is 0. The number of ether oxygens (including phenoxy) is 1. The molecule has 0 aliphatic carbocycles. The van der Waals surface area contributed by atoms with Crippen LogP contribution < -0.4 is 4.74 Å². The van der Waals surface area contributed by atoms with Crippen molar-refractivity contribution in [2.75, 3.05) is 0 Å². The Kier molecular flexibility index (Phi) is 3.66. The van der Waals surface area contributed by atoms with Gasteiger partial charge in [-0.1, -0.05) is 39.0 Å². The van der Waals surface area contributed by atoms with E-state index in [0.29, 0.717) is 6.61 Å². The number of rotatable bonds is 3. The fourth-order valence-electron chi connectivity index (χ4n) is 1.69. The molecule has 2 nitrogen and oxygen atoms in total. The number of benzene rings is 1. The minimum atomic E-state index is 0.143. The number of nitrogens with zero attached hydrogens (tertiary/aromatic N) is 1. The van der Waals surface area contributed by atoms with Gasteiger partial charge in [-0.05, 0) is 35.2 Å². The Balaban J connectivity index is 2.06. The van der Waals surface area contributed by atoms with Gasteiger partial charge in [-0.25, -0.2) is 0 Å². The van der Waals surface area contributed by atoms with Crippen molar-refractivity contribution < 1.29 is 4.74 Å². The summed E-state index contributed by atoms with van der Waals surface area (Å²) in [7, 11) is 0. The van der Waals surface area contributed by atoms with E-state index in [2.05, 4.69) is 37.9 Å². The van der Waals surface area contributed by atoms with E-state index in [4.69, 9.17) is 4.74 Å². The summed E-state index contributed by atoms with van der Waals surface area (Å²) in [6.45, 7) is 7.11. The molecule has 0 saturated carbocycles. The van der Waals surface area contributed by atoms with E-state index in [9.17, 15) is 0 Å². The van der Waals surface area contributed by atoms with Gasteiger partial charge in [0.25, 0.3) is 0 Å². The average molecular weight is 241 g/mol. The Bertz CT molecular complexity index is 500. The minimum Gasteiger partial charge on any atom is -0.487 e. The summed E-state index contributed by atoms with van der Waals surface area (Å²) in [5, 5.41) is 0. The van der Waals surface area contributed by atoms with Gasteiger partial charge < -0.3 is 4.74 Å². The highest BCUT2D eigenvalue weighted by Crippen LogP contribution is 2.25. The molecule has 0 saturated heterocycles. The molecule has 2 aromatic rings. The molecular weight excluding hydrogens is 222 g/mol. The second-order valence-electron chi connectivity index (χ2n) is 5.39. The first kappa shape index (κ1) is 12.6. The topological polar surface area (TPSA) is 22.1 Å². The van der Waals surface area contributed by atoms with Crippen LogP contribution in [0.5, 0.6) is 5.75 Å². The Labute approximate surface area is 109 Å². The summed E-state index contributed by atoms with van der Waals surface area (Å²) in [5.74, 6) is 0.896. The normalized spacial score (nSPS) is 11.3. The average Bonchev–Trinajstić information content (AvgIpc) is 2.37. The van der Waals surface area contributed by atoms with Gasteiger partial charge in [-0.15, -0.1) is 0 Å². The maximum absolute atomic E-state index is 5.77. The standard InChI is InChI=1S/C16H19NO/c1-16(2,3)13-7-6-9-15(11-13)18-12-14-8-4-5-10-17-14/h4-11H,12H2,1-3H3. The third-order valence-electron chi connectivity index (χ3n) is 2.81. The van der Waals surface area contributed by atoms with Crippen molar-refractivity contribution in [1.82, 2.24) is 4.98 Å². The molecule has 1 heterocycles. The van der Waals surface area contributed by atoms with E-state index in [1.807, 2.05) is 30.3 Å². The van der Waals surface area contributed by atoms with Crippen LogP contribution >= 0.6 is 0 Å². The van der Waals surface area contributed by atoms with Crippen LogP contribution in [-0.2, 0) is 12.0 Å². The molecule has 2 heteroatoms. The molecule has 0 N–H and O–H groups in total. The molecule has 0 spiro atoms. The van der Waals surface area contributed by atoms with E-state index < -0.39 is 0 Å². The number of pyridine rings is 1. The predicted molar refractivity (Wildman–Crippen MR) is 73.7 cm³/mol. The molecule has 1 aromatic heterocycles.